The van der Waals surface area contributed by atoms with E-state index in [1.807, 2.05) is 0 Å². The van der Waals surface area contributed by atoms with Gasteiger partial charge in [0.05, 0.1) is 42.8 Å². The normalized spacial score (nSPS) is 26.0. The SMILES string of the molecule is CO/C=C\C=C\CN=C(N[C@H]1CS(=O)(=O)C[C@@H]1Cl)C(Cl)(Cl)Cl. The molecule has 1 aliphatic heterocycles. The summed E-state index contributed by atoms with van der Waals surface area (Å²) in [6.07, 6.45) is 6.61. The maximum Gasteiger partial charge on any atom is 0.247 e. The zero-order valence-corrected chi connectivity index (χ0v) is 15.5. The lowest BCUT2D eigenvalue weighted by atomic mass is 10.2. The number of alkyl halides is 4. The quantitative estimate of drug-likeness (QED) is 0.249. The summed E-state index contributed by atoms with van der Waals surface area (Å²) in [5.74, 6) is -0.167. The largest absolute Gasteiger partial charge is 0.504 e. The molecule has 1 fully saturated rings. The number of hydrogen-bond acceptors (Lipinski definition) is 4. The zero-order valence-electron chi connectivity index (χ0n) is 11.7. The number of rotatable bonds is 5. The van der Waals surface area contributed by atoms with E-state index in [0.717, 1.165) is 0 Å². The van der Waals surface area contributed by atoms with Gasteiger partial charge in [0.15, 0.2) is 9.84 Å². The van der Waals surface area contributed by atoms with Crippen LogP contribution < -0.4 is 5.32 Å². The molecule has 126 valence electrons. The second-order valence-corrected chi connectivity index (χ2v) is 9.52. The summed E-state index contributed by atoms with van der Waals surface area (Å²) in [6.45, 7) is 0.247. The third-order valence-electron chi connectivity index (χ3n) is 2.69. The summed E-state index contributed by atoms with van der Waals surface area (Å²) in [7, 11) is -1.65. The molecular weight excluding hydrogens is 394 g/mol. The van der Waals surface area contributed by atoms with Crippen molar-refractivity contribution in [3.8, 4) is 0 Å². The van der Waals surface area contributed by atoms with E-state index >= 15 is 0 Å². The minimum atomic E-state index is -3.19. The second-order valence-electron chi connectivity index (χ2n) is 4.52. The maximum absolute atomic E-state index is 11.5. The van der Waals surface area contributed by atoms with Gasteiger partial charge in [0, 0.05) is 0 Å². The average Bonchev–Trinajstić information content (AvgIpc) is 2.63. The van der Waals surface area contributed by atoms with Crippen LogP contribution in [0.15, 0.2) is 29.5 Å². The Labute approximate surface area is 150 Å². The van der Waals surface area contributed by atoms with Crippen molar-refractivity contribution in [2.75, 3.05) is 25.2 Å². The van der Waals surface area contributed by atoms with Crippen molar-refractivity contribution in [2.24, 2.45) is 4.99 Å². The molecule has 0 saturated carbocycles. The van der Waals surface area contributed by atoms with E-state index in [2.05, 4.69) is 10.3 Å². The maximum atomic E-state index is 11.5. The monoisotopic (exact) mass is 408 g/mol. The molecule has 0 aromatic carbocycles. The molecular formula is C12H16Cl4N2O3S. The number of methoxy groups -OCH3 is 1. The van der Waals surface area contributed by atoms with E-state index in [0.29, 0.717) is 0 Å². The first-order valence-corrected chi connectivity index (χ1v) is 9.62. The van der Waals surface area contributed by atoms with Crippen LogP contribution in [0.4, 0.5) is 0 Å². The van der Waals surface area contributed by atoms with Crippen LogP contribution >= 0.6 is 46.4 Å². The van der Waals surface area contributed by atoms with E-state index in [1.165, 1.54) is 13.4 Å². The number of allylic oxidation sites excluding steroid dienone is 2. The number of aliphatic imine (C=N–C) groups is 1. The van der Waals surface area contributed by atoms with Gasteiger partial charge in [0.25, 0.3) is 0 Å². The van der Waals surface area contributed by atoms with Gasteiger partial charge in [-0.05, 0) is 6.08 Å². The minimum Gasteiger partial charge on any atom is -0.504 e. The van der Waals surface area contributed by atoms with Gasteiger partial charge in [-0.3, -0.25) is 4.99 Å². The highest BCUT2D eigenvalue weighted by atomic mass is 35.6. The van der Waals surface area contributed by atoms with Gasteiger partial charge in [0.1, 0.15) is 5.84 Å². The van der Waals surface area contributed by atoms with Gasteiger partial charge in [-0.25, -0.2) is 8.42 Å². The summed E-state index contributed by atoms with van der Waals surface area (Å²) in [4.78, 5) is 4.13. The Hall–Kier alpha value is -0.140. The van der Waals surface area contributed by atoms with Crippen LogP contribution in [0, 0.1) is 0 Å². The van der Waals surface area contributed by atoms with Gasteiger partial charge in [0.2, 0.25) is 3.79 Å². The van der Waals surface area contributed by atoms with Gasteiger partial charge >= 0.3 is 0 Å². The predicted molar refractivity (Wildman–Crippen MR) is 93.1 cm³/mol. The molecule has 0 amide bonds. The lowest BCUT2D eigenvalue weighted by Crippen LogP contribution is -2.46. The van der Waals surface area contributed by atoms with Crippen LogP contribution in [0.25, 0.3) is 0 Å². The number of halogens is 4. The predicted octanol–water partition coefficient (Wildman–Crippen LogP) is 2.47. The smallest absolute Gasteiger partial charge is 0.247 e. The lowest BCUT2D eigenvalue weighted by molar-refractivity contribution is 0.338. The zero-order chi connectivity index (χ0) is 16.8. The molecule has 10 heteroatoms. The molecule has 1 N–H and O–H groups in total. The standard InChI is InChI=1S/C12H16Cl4N2O3S/c1-21-6-4-2-3-5-17-11(12(14,15)16)18-10-8-22(19,20)7-9(10)13/h2-4,6,9-10H,5,7-8H2,1H3,(H,17,18)/b3-2+,6-4-/t9-,10-/m0/s1. The van der Waals surface area contributed by atoms with E-state index in [1.54, 1.807) is 18.2 Å². The fraction of sp³-hybridized carbons (Fsp3) is 0.583. The highest BCUT2D eigenvalue weighted by molar-refractivity contribution is 7.91. The van der Waals surface area contributed by atoms with Crippen molar-refractivity contribution in [3.63, 3.8) is 0 Å². The fourth-order valence-corrected chi connectivity index (χ4v) is 4.63. The van der Waals surface area contributed by atoms with Crippen LogP contribution in [0.3, 0.4) is 0 Å². The van der Waals surface area contributed by atoms with Crippen LogP contribution in [0.1, 0.15) is 0 Å². The van der Waals surface area contributed by atoms with Crippen LogP contribution in [0.5, 0.6) is 0 Å². The van der Waals surface area contributed by atoms with Gasteiger partial charge in [-0.1, -0.05) is 47.0 Å². The number of amidine groups is 1. The number of hydrogen-bond donors (Lipinski definition) is 1. The van der Waals surface area contributed by atoms with Crippen molar-refractivity contribution in [3.05, 3.63) is 24.5 Å². The third kappa shape index (κ3) is 6.96. The lowest BCUT2D eigenvalue weighted by Gasteiger charge is -2.22. The van der Waals surface area contributed by atoms with Gasteiger partial charge in [-0.15, -0.1) is 11.6 Å². The molecule has 0 spiro atoms. The fourth-order valence-electron chi connectivity index (χ4n) is 1.74. The molecule has 0 unspecified atom stereocenters. The average molecular weight is 410 g/mol. The summed E-state index contributed by atoms with van der Waals surface area (Å²) < 4.78 is 26.0. The number of ether oxygens (including phenoxy) is 1. The molecule has 0 radical (unpaired) electrons. The molecule has 2 atom stereocenters. The Bertz CT molecular complexity index is 555. The van der Waals surface area contributed by atoms with Crippen LogP contribution in [0.2, 0.25) is 0 Å². The highest BCUT2D eigenvalue weighted by Gasteiger charge is 2.39. The molecule has 1 aliphatic rings. The van der Waals surface area contributed by atoms with Crippen molar-refractivity contribution in [1.82, 2.24) is 5.32 Å². The van der Waals surface area contributed by atoms with Crippen molar-refractivity contribution < 1.29 is 13.2 Å². The van der Waals surface area contributed by atoms with Crippen molar-refractivity contribution >= 4 is 62.1 Å². The van der Waals surface area contributed by atoms with E-state index in [-0.39, 0.29) is 23.9 Å². The molecule has 0 bridgehead atoms. The molecule has 1 rings (SSSR count). The van der Waals surface area contributed by atoms with Crippen molar-refractivity contribution in [2.45, 2.75) is 15.2 Å². The summed E-state index contributed by atoms with van der Waals surface area (Å²) >= 11 is 23.6. The Morgan fingerprint density at radius 3 is 2.55 bits per heavy atom. The van der Waals surface area contributed by atoms with Crippen LogP contribution in [-0.2, 0) is 14.6 Å². The Balaban J connectivity index is 2.74. The molecule has 22 heavy (non-hydrogen) atoms. The van der Waals surface area contributed by atoms with Gasteiger partial charge in [-0.2, -0.15) is 0 Å². The second kappa shape index (κ2) is 8.64. The third-order valence-corrected chi connectivity index (χ3v) is 5.60. The molecule has 1 saturated heterocycles. The van der Waals surface area contributed by atoms with E-state index < -0.39 is 25.0 Å². The number of nitrogens with zero attached hydrogens (tertiary/aromatic N) is 1. The van der Waals surface area contributed by atoms with Crippen LogP contribution in [-0.4, -0.2) is 54.6 Å². The first-order valence-electron chi connectivity index (χ1n) is 6.23. The molecule has 5 nitrogen and oxygen atoms in total. The number of sulfone groups is 1. The Morgan fingerprint density at radius 2 is 2.05 bits per heavy atom. The first-order chi connectivity index (χ1) is 10.2. The summed E-state index contributed by atoms with van der Waals surface area (Å²) in [6, 6.07) is -0.543. The van der Waals surface area contributed by atoms with E-state index in [4.69, 9.17) is 51.1 Å². The van der Waals surface area contributed by atoms with Crippen molar-refractivity contribution in [1.29, 1.82) is 0 Å². The Kier molecular flexibility index (Phi) is 7.82. The summed E-state index contributed by atoms with van der Waals surface area (Å²) in [5.41, 5.74) is 0. The molecule has 1 heterocycles. The first kappa shape index (κ1) is 19.9. The van der Waals surface area contributed by atoms with Gasteiger partial charge < -0.3 is 10.1 Å². The minimum absolute atomic E-state index is 0.0608. The topological polar surface area (TPSA) is 67.8 Å². The molecule has 0 aromatic heterocycles. The van der Waals surface area contributed by atoms with E-state index in [9.17, 15) is 8.42 Å². The molecule has 0 aliphatic carbocycles. The molecule has 0 aromatic rings. The number of nitrogens with one attached hydrogen (secondary N) is 1. The Morgan fingerprint density at radius 1 is 1.36 bits per heavy atom. The highest BCUT2D eigenvalue weighted by Crippen LogP contribution is 2.28. The summed E-state index contributed by atoms with van der Waals surface area (Å²) in [5, 5.41) is 2.24.